The van der Waals surface area contributed by atoms with Crippen molar-refractivity contribution in [2.45, 2.75) is 18.9 Å². The van der Waals surface area contributed by atoms with E-state index in [9.17, 15) is 9.18 Å². The second kappa shape index (κ2) is 7.00. The molecule has 0 N–H and O–H groups in total. The molecule has 0 aliphatic carbocycles. The molecule has 2 aromatic rings. The summed E-state index contributed by atoms with van der Waals surface area (Å²) < 4.78 is 20.5. The van der Waals surface area contributed by atoms with Crippen molar-refractivity contribution in [3.63, 3.8) is 0 Å². The van der Waals surface area contributed by atoms with Crippen LogP contribution in [-0.4, -0.2) is 40.1 Å². The molecule has 23 heavy (non-hydrogen) atoms. The largest absolute Gasteiger partial charge is 0.484 e. The van der Waals surface area contributed by atoms with E-state index in [1.165, 1.54) is 18.2 Å². The number of nitrogens with zero attached hydrogens (tertiary/aromatic N) is 3. The molecule has 0 unspecified atom stereocenters. The summed E-state index contributed by atoms with van der Waals surface area (Å²) in [7, 11) is 0. The molecule has 1 aromatic heterocycles. The molecular formula is C16H17ClFN3O2. The van der Waals surface area contributed by atoms with Crippen LogP contribution in [0.15, 0.2) is 36.9 Å². The van der Waals surface area contributed by atoms with Gasteiger partial charge in [-0.3, -0.25) is 4.79 Å². The van der Waals surface area contributed by atoms with Crippen LogP contribution in [0.2, 0.25) is 5.02 Å². The number of piperidine rings is 1. The van der Waals surface area contributed by atoms with Crippen molar-refractivity contribution >= 4 is 17.5 Å². The maximum Gasteiger partial charge on any atom is 0.260 e. The lowest BCUT2D eigenvalue weighted by Gasteiger charge is -2.33. The summed E-state index contributed by atoms with van der Waals surface area (Å²) in [4.78, 5) is 18.1. The van der Waals surface area contributed by atoms with Crippen LogP contribution in [-0.2, 0) is 4.79 Å². The number of benzene rings is 1. The van der Waals surface area contributed by atoms with Crippen molar-refractivity contribution in [3.05, 3.63) is 47.8 Å². The van der Waals surface area contributed by atoms with Gasteiger partial charge in [0.2, 0.25) is 0 Å². The lowest BCUT2D eigenvalue weighted by atomic mass is 10.1. The van der Waals surface area contributed by atoms with Crippen molar-refractivity contribution in [3.8, 4) is 5.75 Å². The Labute approximate surface area is 138 Å². The lowest BCUT2D eigenvalue weighted by molar-refractivity contribution is -0.135. The van der Waals surface area contributed by atoms with Crippen molar-refractivity contribution in [1.82, 2.24) is 14.5 Å². The Morgan fingerprint density at radius 2 is 2.35 bits per heavy atom. The first kappa shape index (κ1) is 15.8. The minimum absolute atomic E-state index is 0.0203. The van der Waals surface area contributed by atoms with Crippen LogP contribution < -0.4 is 4.74 Å². The monoisotopic (exact) mass is 337 g/mol. The predicted octanol–water partition coefficient (Wildman–Crippen LogP) is 2.92. The van der Waals surface area contributed by atoms with Crippen molar-refractivity contribution < 1.29 is 13.9 Å². The van der Waals surface area contributed by atoms with Gasteiger partial charge in [-0.2, -0.15) is 0 Å². The van der Waals surface area contributed by atoms with Gasteiger partial charge in [0.05, 0.1) is 17.4 Å². The fourth-order valence-electron chi connectivity index (χ4n) is 2.71. The molecule has 1 saturated heterocycles. The Morgan fingerprint density at radius 1 is 1.48 bits per heavy atom. The van der Waals surface area contributed by atoms with E-state index in [4.69, 9.17) is 16.3 Å². The van der Waals surface area contributed by atoms with Gasteiger partial charge in [0.15, 0.2) is 6.61 Å². The van der Waals surface area contributed by atoms with Gasteiger partial charge in [-0.25, -0.2) is 9.37 Å². The molecule has 2 heterocycles. The summed E-state index contributed by atoms with van der Waals surface area (Å²) in [6, 6.07) is 4.29. The van der Waals surface area contributed by atoms with Gasteiger partial charge in [-0.1, -0.05) is 11.6 Å². The lowest BCUT2D eigenvalue weighted by Crippen LogP contribution is -2.42. The highest BCUT2D eigenvalue weighted by Gasteiger charge is 2.24. The number of ether oxygens (including phenoxy) is 1. The maximum atomic E-state index is 13.1. The van der Waals surface area contributed by atoms with Crippen LogP contribution in [0.4, 0.5) is 4.39 Å². The SMILES string of the molecule is O=C(COc1ccc(F)c(Cl)c1)N1CCC[C@@H](n2ccnc2)C1. The first-order valence-electron chi connectivity index (χ1n) is 7.46. The molecule has 0 radical (unpaired) electrons. The molecular weight excluding hydrogens is 321 g/mol. The first-order chi connectivity index (χ1) is 11.1. The number of hydrogen-bond acceptors (Lipinski definition) is 3. The topological polar surface area (TPSA) is 47.4 Å². The van der Waals surface area contributed by atoms with Crippen molar-refractivity contribution in [1.29, 1.82) is 0 Å². The van der Waals surface area contributed by atoms with Gasteiger partial charge in [-0.05, 0) is 25.0 Å². The van der Waals surface area contributed by atoms with Crippen molar-refractivity contribution in [2.24, 2.45) is 0 Å². The zero-order valence-corrected chi connectivity index (χ0v) is 13.2. The number of halogens is 2. The molecule has 0 saturated carbocycles. The van der Waals surface area contributed by atoms with Gasteiger partial charge < -0.3 is 14.2 Å². The number of carbonyl (C=O) groups excluding carboxylic acids is 1. The molecule has 5 nitrogen and oxygen atoms in total. The van der Waals surface area contributed by atoms with Gasteiger partial charge in [0, 0.05) is 31.5 Å². The average molecular weight is 338 g/mol. The second-order valence-corrected chi connectivity index (χ2v) is 5.92. The second-order valence-electron chi connectivity index (χ2n) is 5.51. The number of hydrogen-bond donors (Lipinski definition) is 0. The van der Waals surface area contributed by atoms with Crippen LogP contribution in [0, 0.1) is 5.82 Å². The third kappa shape index (κ3) is 3.82. The molecule has 1 aliphatic rings. The van der Waals surface area contributed by atoms with Crippen LogP contribution >= 0.6 is 11.6 Å². The molecule has 1 aromatic carbocycles. The Balaban J connectivity index is 1.56. The fourth-order valence-corrected chi connectivity index (χ4v) is 2.88. The number of carbonyl (C=O) groups is 1. The van der Waals surface area contributed by atoms with E-state index in [-0.39, 0.29) is 23.6 Å². The minimum atomic E-state index is -0.510. The van der Waals surface area contributed by atoms with E-state index in [2.05, 4.69) is 4.98 Å². The van der Waals surface area contributed by atoms with E-state index < -0.39 is 5.82 Å². The summed E-state index contributed by atoms with van der Waals surface area (Å²) in [6.45, 7) is 1.28. The Morgan fingerprint density at radius 3 is 3.09 bits per heavy atom. The Kier molecular flexibility index (Phi) is 4.81. The summed E-state index contributed by atoms with van der Waals surface area (Å²) in [6.07, 6.45) is 7.39. The third-order valence-electron chi connectivity index (χ3n) is 3.95. The van der Waals surface area contributed by atoms with E-state index in [1.807, 2.05) is 10.8 Å². The highest BCUT2D eigenvalue weighted by molar-refractivity contribution is 6.30. The maximum absolute atomic E-state index is 13.1. The van der Waals surface area contributed by atoms with Gasteiger partial charge >= 0.3 is 0 Å². The first-order valence-corrected chi connectivity index (χ1v) is 7.84. The molecule has 1 amide bonds. The summed E-state index contributed by atoms with van der Waals surface area (Å²) in [5.41, 5.74) is 0. The van der Waals surface area contributed by atoms with Crippen LogP contribution in [0.25, 0.3) is 0 Å². The normalized spacial score (nSPS) is 18.0. The van der Waals surface area contributed by atoms with Gasteiger partial charge in [0.1, 0.15) is 11.6 Å². The van der Waals surface area contributed by atoms with E-state index >= 15 is 0 Å². The predicted molar refractivity (Wildman–Crippen MR) is 84.0 cm³/mol. The minimum Gasteiger partial charge on any atom is -0.484 e. The van der Waals surface area contributed by atoms with Crippen LogP contribution in [0.1, 0.15) is 18.9 Å². The van der Waals surface area contributed by atoms with E-state index in [0.29, 0.717) is 12.3 Å². The third-order valence-corrected chi connectivity index (χ3v) is 4.24. The molecule has 7 heteroatoms. The molecule has 1 fully saturated rings. The van der Waals surface area contributed by atoms with E-state index in [1.54, 1.807) is 17.4 Å². The summed E-state index contributed by atoms with van der Waals surface area (Å²) >= 11 is 5.69. The molecule has 1 aliphatic heterocycles. The average Bonchev–Trinajstić information content (AvgIpc) is 3.10. The van der Waals surface area contributed by atoms with Gasteiger partial charge in [0.25, 0.3) is 5.91 Å². The Hall–Kier alpha value is -2.08. The smallest absolute Gasteiger partial charge is 0.260 e. The summed E-state index contributed by atoms with van der Waals surface area (Å²) in [5, 5.41) is -0.0203. The van der Waals surface area contributed by atoms with Crippen LogP contribution in [0.5, 0.6) is 5.75 Å². The van der Waals surface area contributed by atoms with Crippen molar-refractivity contribution in [2.75, 3.05) is 19.7 Å². The molecule has 122 valence electrons. The highest BCUT2D eigenvalue weighted by atomic mass is 35.5. The fraction of sp³-hybridized carbons (Fsp3) is 0.375. The standard InChI is InChI=1S/C16H17ClFN3O2/c17-14-8-13(3-4-15(14)18)23-10-16(22)20-6-1-2-12(9-20)21-7-5-19-11-21/h3-5,7-8,11-12H,1-2,6,9-10H2/t12-/m1/s1. The molecule has 0 spiro atoms. The number of imidazole rings is 1. The zero-order valence-electron chi connectivity index (χ0n) is 12.5. The number of likely N-dealkylation sites (tertiary alicyclic amines) is 1. The van der Waals surface area contributed by atoms with E-state index in [0.717, 1.165) is 19.4 Å². The Bertz CT molecular complexity index is 678. The number of amides is 1. The quantitative estimate of drug-likeness (QED) is 0.862. The van der Waals surface area contributed by atoms with Crippen LogP contribution in [0.3, 0.4) is 0 Å². The molecule has 1 atom stereocenters. The number of rotatable bonds is 4. The molecule has 0 bridgehead atoms. The highest BCUT2D eigenvalue weighted by Crippen LogP contribution is 2.23. The molecule has 3 rings (SSSR count). The number of aromatic nitrogens is 2. The van der Waals surface area contributed by atoms with Gasteiger partial charge in [-0.15, -0.1) is 0 Å². The summed E-state index contributed by atoms with van der Waals surface area (Å²) in [5.74, 6) is -0.215. The zero-order chi connectivity index (χ0) is 16.2.